The summed E-state index contributed by atoms with van der Waals surface area (Å²) in [7, 11) is 0. The number of carbonyl (C=O) groups is 2. The number of hydrogen-bond acceptors (Lipinski definition) is 5. The number of hydrogen-bond donors (Lipinski definition) is 3. The fourth-order valence-electron chi connectivity index (χ4n) is 1.78. The number of amides is 3. The van der Waals surface area contributed by atoms with Crippen molar-refractivity contribution in [2.45, 2.75) is 12.8 Å². The van der Waals surface area contributed by atoms with Crippen LogP contribution >= 0.6 is 0 Å². The van der Waals surface area contributed by atoms with Crippen molar-refractivity contribution < 1.29 is 14.1 Å². The summed E-state index contributed by atoms with van der Waals surface area (Å²) in [5.41, 5.74) is 5.96. The summed E-state index contributed by atoms with van der Waals surface area (Å²) in [6.45, 7) is 0.185. The molecule has 1 aromatic heterocycles. The second-order valence-corrected chi connectivity index (χ2v) is 4.58. The maximum Gasteiger partial charge on any atom is 0.312 e. The highest BCUT2D eigenvalue weighted by Crippen LogP contribution is 2.06. The van der Waals surface area contributed by atoms with Crippen LogP contribution in [0.15, 0.2) is 34.9 Å². The maximum absolute atomic E-state index is 11.3. The Labute approximate surface area is 127 Å². The molecule has 0 atom stereocenters. The van der Waals surface area contributed by atoms with Crippen LogP contribution in [-0.2, 0) is 17.6 Å². The predicted molar refractivity (Wildman–Crippen MR) is 77.8 cm³/mol. The van der Waals surface area contributed by atoms with Crippen LogP contribution in [-0.4, -0.2) is 35.2 Å². The topological polar surface area (TPSA) is 123 Å². The van der Waals surface area contributed by atoms with Crippen LogP contribution in [0.25, 0.3) is 0 Å². The molecule has 0 saturated carbocycles. The average molecular weight is 303 g/mol. The van der Waals surface area contributed by atoms with Gasteiger partial charge in [0, 0.05) is 19.4 Å². The SMILES string of the molecule is NC(=O)NCC(=O)NCCc1nc(Cc2ccccc2)no1. The Balaban J connectivity index is 1.73. The predicted octanol–water partition coefficient (Wildman–Crippen LogP) is -0.0126. The highest BCUT2D eigenvalue weighted by Gasteiger charge is 2.08. The Morgan fingerprint density at radius 2 is 1.95 bits per heavy atom. The zero-order valence-corrected chi connectivity index (χ0v) is 11.9. The summed E-state index contributed by atoms with van der Waals surface area (Å²) in [4.78, 5) is 26.0. The highest BCUT2D eigenvalue weighted by atomic mass is 16.5. The van der Waals surface area contributed by atoms with Gasteiger partial charge in [0.15, 0.2) is 5.82 Å². The Morgan fingerprint density at radius 3 is 2.68 bits per heavy atom. The summed E-state index contributed by atoms with van der Waals surface area (Å²) >= 11 is 0. The lowest BCUT2D eigenvalue weighted by molar-refractivity contribution is -0.120. The Hall–Kier alpha value is -2.90. The third kappa shape index (κ3) is 5.23. The lowest BCUT2D eigenvalue weighted by atomic mass is 10.1. The van der Waals surface area contributed by atoms with E-state index >= 15 is 0 Å². The fraction of sp³-hybridized carbons (Fsp3) is 0.286. The van der Waals surface area contributed by atoms with Gasteiger partial charge in [0.05, 0.1) is 6.54 Å². The van der Waals surface area contributed by atoms with Gasteiger partial charge in [0.2, 0.25) is 11.8 Å². The van der Waals surface area contributed by atoms with Gasteiger partial charge in [-0.3, -0.25) is 4.79 Å². The number of rotatable bonds is 7. The number of carbonyl (C=O) groups excluding carboxylic acids is 2. The van der Waals surface area contributed by atoms with E-state index < -0.39 is 6.03 Å². The van der Waals surface area contributed by atoms with Gasteiger partial charge >= 0.3 is 6.03 Å². The van der Waals surface area contributed by atoms with E-state index in [2.05, 4.69) is 20.8 Å². The molecule has 2 rings (SSSR count). The van der Waals surface area contributed by atoms with Gasteiger partial charge in [-0.2, -0.15) is 4.98 Å². The molecule has 0 saturated heterocycles. The third-order valence-corrected chi connectivity index (χ3v) is 2.80. The molecular formula is C14H17N5O3. The molecule has 3 amide bonds. The monoisotopic (exact) mass is 303 g/mol. The average Bonchev–Trinajstić information content (AvgIpc) is 2.93. The number of urea groups is 1. The van der Waals surface area contributed by atoms with Gasteiger partial charge in [-0.1, -0.05) is 35.5 Å². The molecule has 0 aliphatic rings. The minimum atomic E-state index is -0.738. The molecule has 0 fully saturated rings. The van der Waals surface area contributed by atoms with Gasteiger partial charge in [0.25, 0.3) is 0 Å². The Bertz CT molecular complexity index is 626. The Kier molecular flexibility index (Phi) is 5.47. The maximum atomic E-state index is 11.3. The highest BCUT2D eigenvalue weighted by molar-refractivity contribution is 5.83. The summed E-state index contributed by atoms with van der Waals surface area (Å²) in [6, 6.07) is 9.08. The summed E-state index contributed by atoms with van der Waals surface area (Å²) < 4.78 is 5.11. The summed E-state index contributed by atoms with van der Waals surface area (Å²) in [6.07, 6.45) is 1.02. The van der Waals surface area contributed by atoms with E-state index in [0.29, 0.717) is 31.1 Å². The Morgan fingerprint density at radius 1 is 1.18 bits per heavy atom. The lowest BCUT2D eigenvalue weighted by Crippen LogP contribution is -2.39. The molecule has 8 nitrogen and oxygen atoms in total. The van der Waals surface area contributed by atoms with Crippen LogP contribution in [0.1, 0.15) is 17.3 Å². The smallest absolute Gasteiger partial charge is 0.312 e. The van der Waals surface area contributed by atoms with Crippen molar-refractivity contribution in [1.29, 1.82) is 0 Å². The van der Waals surface area contributed by atoms with E-state index in [-0.39, 0.29) is 12.5 Å². The molecule has 0 aliphatic heterocycles. The van der Waals surface area contributed by atoms with Crippen LogP contribution < -0.4 is 16.4 Å². The van der Waals surface area contributed by atoms with Crippen molar-refractivity contribution in [1.82, 2.24) is 20.8 Å². The van der Waals surface area contributed by atoms with Gasteiger partial charge in [-0.25, -0.2) is 4.79 Å². The quantitative estimate of drug-likeness (QED) is 0.663. The molecule has 2 aromatic rings. The van der Waals surface area contributed by atoms with Crippen molar-refractivity contribution in [2.75, 3.05) is 13.1 Å². The zero-order valence-electron chi connectivity index (χ0n) is 11.9. The second kappa shape index (κ2) is 7.77. The van der Waals surface area contributed by atoms with Crippen molar-refractivity contribution in [3.8, 4) is 0 Å². The standard InChI is InChI=1S/C14H17N5O3/c15-14(21)17-9-12(20)16-7-6-13-18-11(19-22-13)8-10-4-2-1-3-5-10/h1-5H,6-9H2,(H,16,20)(H3,15,17,21). The molecule has 8 heteroatoms. The molecule has 0 unspecified atom stereocenters. The van der Waals surface area contributed by atoms with E-state index in [0.717, 1.165) is 5.56 Å². The van der Waals surface area contributed by atoms with Crippen LogP contribution in [0.3, 0.4) is 0 Å². The molecule has 0 radical (unpaired) electrons. The van der Waals surface area contributed by atoms with Gasteiger partial charge in [0.1, 0.15) is 0 Å². The molecule has 4 N–H and O–H groups in total. The van der Waals surface area contributed by atoms with Crippen molar-refractivity contribution >= 4 is 11.9 Å². The van der Waals surface area contributed by atoms with Gasteiger partial charge in [-0.05, 0) is 5.56 Å². The minimum Gasteiger partial charge on any atom is -0.354 e. The minimum absolute atomic E-state index is 0.154. The van der Waals surface area contributed by atoms with Crippen LogP contribution in [0, 0.1) is 0 Å². The number of aromatic nitrogens is 2. The number of nitrogens with one attached hydrogen (secondary N) is 2. The normalized spacial score (nSPS) is 10.2. The number of nitrogens with two attached hydrogens (primary N) is 1. The largest absolute Gasteiger partial charge is 0.354 e. The van der Waals surface area contributed by atoms with Crippen LogP contribution in [0.2, 0.25) is 0 Å². The second-order valence-electron chi connectivity index (χ2n) is 4.58. The molecule has 0 aliphatic carbocycles. The zero-order chi connectivity index (χ0) is 15.8. The van der Waals surface area contributed by atoms with Crippen molar-refractivity contribution in [3.05, 3.63) is 47.6 Å². The summed E-state index contributed by atoms with van der Waals surface area (Å²) in [5.74, 6) is 0.722. The number of benzene rings is 1. The van der Waals surface area contributed by atoms with E-state index in [1.807, 2.05) is 30.3 Å². The first-order valence-corrected chi connectivity index (χ1v) is 6.79. The molecule has 116 valence electrons. The summed E-state index contributed by atoms with van der Waals surface area (Å²) in [5, 5.41) is 8.71. The number of nitrogens with zero attached hydrogens (tertiary/aromatic N) is 2. The van der Waals surface area contributed by atoms with E-state index in [9.17, 15) is 9.59 Å². The van der Waals surface area contributed by atoms with Gasteiger partial charge in [-0.15, -0.1) is 0 Å². The molecule has 22 heavy (non-hydrogen) atoms. The van der Waals surface area contributed by atoms with Gasteiger partial charge < -0.3 is 20.9 Å². The van der Waals surface area contributed by atoms with Crippen LogP contribution in [0.4, 0.5) is 4.79 Å². The van der Waals surface area contributed by atoms with E-state index in [4.69, 9.17) is 10.3 Å². The lowest BCUT2D eigenvalue weighted by Gasteiger charge is -2.03. The van der Waals surface area contributed by atoms with Crippen molar-refractivity contribution in [3.63, 3.8) is 0 Å². The molecular weight excluding hydrogens is 286 g/mol. The first-order valence-electron chi connectivity index (χ1n) is 6.79. The van der Waals surface area contributed by atoms with E-state index in [1.54, 1.807) is 0 Å². The molecule has 0 bridgehead atoms. The first-order chi connectivity index (χ1) is 10.6. The first kappa shape index (κ1) is 15.5. The van der Waals surface area contributed by atoms with Crippen LogP contribution in [0.5, 0.6) is 0 Å². The third-order valence-electron chi connectivity index (χ3n) is 2.80. The number of primary amides is 1. The molecule has 1 aromatic carbocycles. The van der Waals surface area contributed by atoms with Crippen molar-refractivity contribution in [2.24, 2.45) is 5.73 Å². The molecule has 1 heterocycles. The fourth-order valence-corrected chi connectivity index (χ4v) is 1.78. The molecule has 0 spiro atoms. The van der Waals surface area contributed by atoms with E-state index in [1.165, 1.54) is 0 Å².